The topological polar surface area (TPSA) is 59.1 Å². The molecule has 1 unspecified atom stereocenters. The fraction of sp³-hybridized carbons (Fsp3) is 0.600. The number of nitrogens with one attached hydrogen (secondary N) is 2. The van der Waals surface area contributed by atoms with Gasteiger partial charge in [0.1, 0.15) is 18.0 Å². The molecule has 15 heavy (non-hydrogen) atoms. The van der Waals surface area contributed by atoms with Crippen molar-refractivity contribution in [2.75, 3.05) is 30.9 Å². The molecule has 0 radical (unpaired) electrons. The highest BCUT2D eigenvalue weighted by Crippen LogP contribution is 2.13. The second-order valence-corrected chi connectivity index (χ2v) is 3.60. The van der Waals surface area contributed by atoms with Gasteiger partial charge in [-0.3, -0.25) is 0 Å². The molecular formula is C10H16N4O. The summed E-state index contributed by atoms with van der Waals surface area (Å²) >= 11 is 0. The molecule has 0 spiro atoms. The average Bonchev–Trinajstić information content (AvgIpc) is 2.31. The molecule has 0 aromatic carbocycles. The van der Waals surface area contributed by atoms with Crippen LogP contribution in [-0.2, 0) is 4.74 Å². The van der Waals surface area contributed by atoms with E-state index in [-0.39, 0.29) is 0 Å². The third-order valence-corrected chi connectivity index (χ3v) is 2.44. The molecule has 1 aromatic rings. The Kier molecular flexibility index (Phi) is 3.34. The first kappa shape index (κ1) is 10.2. The maximum absolute atomic E-state index is 5.39. The summed E-state index contributed by atoms with van der Waals surface area (Å²) in [5.74, 6) is 1.68. The van der Waals surface area contributed by atoms with Gasteiger partial charge in [-0.15, -0.1) is 0 Å². The molecule has 1 aliphatic heterocycles. The lowest BCUT2D eigenvalue weighted by atomic mass is 10.1. The average molecular weight is 208 g/mol. The van der Waals surface area contributed by atoms with Gasteiger partial charge in [-0.05, 0) is 12.8 Å². The van der Waals surface area contributed by atoms with Crippen LogP contribution < -0.4 is 10.6 Å². The highest BCUT2D eigenvalue weighted by Gasteiger charge is 2.13. The van der Waals surface area contributed by atoms with Crippen LogP contribution in [0, 0.1) is 0 Å². The number of anilines is 2. The van der Waals surface area contributed by atoms with Crippen molar-refractivity contribution in [3.05, 3.63) is 12.4 Å². The van der Waals surface area contributed by atoms with E-state index in [2.05, 4.69) is 20.6 Å². The van der Waals surface area contributed by atoms with Gasteiger partial charge in [0.05, 0.1) is 12.6 Å². The predicted molar refractivity (Wildman–Crippen MR) is 59.0 cm³/mol. The van der Waals surface area contributed by atoms with Crippen molar-refractivity contribution >= 4 is 11.6 Å². The van der Waals surface area contributed by atoms with Crippen LogP contribution in [0.3, 0.4) is 0 Å². The molecule has 1 aromatic heterocycles. The molecule has 0 bridgehead atoms. The van der Waals surface area contributed by atoms with Crippen LogP contribution in [0.2, 0.25) is 0 Å². The van der Waals surface area contributed by atoms with Crippen molar-refractivity contribution in [2.24, 2.45) is 0 Å². The van der Waals surface area contributed by atoms with Crippen LogP contribution in [0.1, 0.15) is 12.8 Å². The van der Waals surface area contributed by atoms with Crippen LogP contribution in [0.15, 0.2) is 12.4 Å². The lowest BCUT2D eigenvalue weighted by molar-refractivity contribution is 0.0875. The molecule has 2 rings (SSSR count). The molecule has 1 saturated heterocycles. The molecule has 1 atom stereocenters. The minimum Gasteiger partial charge on any atom is -0.379 e. The van der Waals surface area contributed by atoms with Crippen LogP contribution >= 0.6 is 0 Å². The summed E-state index contributed by atoms with van der Waals surface area (Å²) in [5, 5.41) is 6.32. The first-order valence-electron chi connectivity index (χ1n) is 5.22. The van der Waals surface area contributed by atoms with Gasteiger partial charge in [-0.1, -0.05) is 0 Å². The lowest BCUT2D eigenvalue weighted by Gasteiger charge is -2.23. The van der Waals surface area contributed by atoms with Crippen LogP contribution in [0.25, 0.3) is 0 Å². The molecule has 2 N–H and O–H groups in total. The van der Waals surface area contributed by atoms with Crippen molar-refractivity contribution in [3.63, 3.8) is 0 Å². The van der Waals surface area contributed by atoms with Crippen molar-refractivity contribution in [3.8, 4) is 0 Å². The first-order chi connectivity index (χ1) is 7.38. The molecular weight excluding hydrogens is 192 g/mol. The van der Waals surface area contributed by atoms with E-state index in [1.54, 1.807) is 6.33 Å². The van der Waals surface area contributed by atoms with Gasteiger partial charge >= 0.3 is 0 Å². The SMILES string of the molecule is CNc1cc(NC2CCCOC2)ncn1. The van der Waals surface area contributed by atoms with E-state index in [9.17, 15) is 0 Å². The maximum Gasteiger partial charge on any atom is 0.131 e. The van der Waals surface area contributed by atoms with E-state index in [0.29, 0.717) is 6.04 Å². The number of nitrogens with zero attached hydrogens (tertiary/aromatic N) is 2. The molecule has 5 heteroatoms. The summed E-state index contributed by atoms with van der Waals surface area (Å²) in [5.41, 5.74) is 0. The van der Waals surface area contributed by atoms with Gasteiger partial charge in [0.15, 0.2) is 0 Å². The standard InChI is InChI=1S/C10H16N4O/c1-11-9-5-10(13-7-12-9)14-8-3-2-4-15-6-8/h5,7-8H,2-4,6H2,1H3,(H2,11,12,13,14). The quantitative estimate of drug-likeness (QED) is 0.779. The Labute approximate surface area is 89.3 Å². The van der Waals surface area contributed by atoms with E-state index in [4.69, 9.17) is 4.74 Å². The van der Waals surface area contributed by atoms with E-state index in [1.165, 1.54) is 0 Å². The molecule has 0 aliphatic carbocycles. The zero-order chi connectivity index (χ0) is 10.5. The Bertz CT molecular complexity index is 312. The fourth-order valence-electron chi connectivity index (χ4n) is 1.64. The number of hydrogen-bond acceptors (Lipinski definition) is 5. The Hall–Kier alpha value is -1.36. The monoisotopic (exact) mass is 208 g/mol. The van der Waals surface area contributed by atoms with Gasteiger partial charge in [-0.2, -0.15) is 0 Å². The predicted octanol–water partition coefficient (Wildman–Crippen LogP) is 1.11. The summed E-state index contributed by atoms with van der Waals surface area (Å²) < 4.78 is 5.39. The van der Waals surface area contributed by atoms with E-state index in [0.717, 1.165) is 37.7 Å². The smallest absolute Gasteiger partial charge is 0.131 e. The fourth-order valence-corrected chi connectivity index (χ4v) is 1.64. The van der Waals surface area contributed by atoms with Crippen molar-refractivity contribution < 1.29 is 4.74 Å². The Morgan fingerprint density at radius 2 is 2.27 bits per heavy atom. The highest BCUT2D eigenvalue weighted by atomic mass is 16.5. The first-order valence-corrected chi connectivity index (χ1v) is 5.22. The minimum atomic E-state index is 0.373. The molecule has 0 amide bonds. The molecule has 1 fully saturated rings. The van der Waals surface area contributed by atoms with Gasteiger partial charge < -0.3 is 15.4 Å². The summed E-state index contributed by atoms with van der Waals surface area (Å²) in [6.07, 6.45) is 3.80. The van der Waals surface area contributed by atoms with Crippen LogP contribution in [-0.4, -0.2) is 36.3 Å². The summed E-state index contributed by atoms with van der Waals surface area (Å²) in [6, 6.07) is 2.27. The molecule has 5 nitrogen and oxygen atoms in total. The van der Waals surface area contributed by atoms with Crippen molar-refractivity contribution in [1.82, 2.24) is 9.97 Å². The Morgan fingerprint density at radius 1 is 1.40 bits per heavy atom. The van der Waals surface area contributed by atoms with Gasteiger partial charge in [-0.25, -0.2) is 9.97 Å². The number of aromatic nitrogens is 2. The highest BCUT2D eigenvalue weighted by molar-refractivity contribution is 5.46. The Morgan fingerprint density at radius 3 is 3.00 bits per heavy atom. The zero-order valence-electron chi connectivity index (χ0n) is 8.86. The third kappa shape index (κ3) is 2.79. The second kappa shape index (κ2) is 4.93. The van der Waals surface area contributed by atoms with Gasteiger partial charge in [0.25, 0.3) is 0 Å². The van der Waals surface area contributed by atoms with Crippen LogP contribution in [0.4, 0.5) is 11.6 Å². The van der Waals surface area contributed by atoms with E-state index in [1.807, 2.05) is 13.1 Å². The van der Waals surface area contributed by atoms with Crippen molar-refractivity contribution in [2.45, 2.75) is 18.9 Å². The number of ether oxygens (including phenoxy) is 1. The maximum atomic E-state index is 5.39. The number of hydrogen-bond donors (Lipinski definition) is 2. The molecule has 0 saturated carbocycles. The minimum absolute atomic E-state index is 0.373. The lowest BCUT2D eigenvalue weighted by Crippen LogP contribution is -2.30. The molecule has 2 heterocycles. The molecule has 1 aliphatic rings. The molecule has 82 valence electrons. The Balaban J connectivity index is 1.96. The number of rotatable bonds is 3. The summed E-state index contributed by atoms with van der Waals surface area (Å²) in [4.78, 5) is 8.22. The van der Waals surface area contributed by atoms with Crippen molar-refractivity contribution in [1.29, 1.82) is 0 Å². The second-order valence-electron chi connectivity index (χ2n) is 3.60. The van der Waals surface area contributed by atoms with Gasteiger partial charge in [0, 0.05) is 19.7 Å². The van der Waals surface area contributed by atoms with E-state index < -0.39 is 0 Å². The van der Waals surface area contributed by atoms with E-state index >= 15 is 0 Å². The largest absolute Gasteiger partial charge is 0.379 e. The van der Waals surface area contributed by atoms with Gasteiger partial charge in [0.2, 0.25) is 0 Å². The summed E-state index contributed by atoms with van der Waals surface area (Å²) in [6.45, 7) is 1.64. The zero-order valence-corrected chi connectivity index (χ0v) is 8.86. The van der Waals surface area contributed by atoms with Crippen LogP contribution in [0.5, 0.6) is 0 Å². The summed E-state index contributed by atoms with van der Waals surface area (Å²) in [7, 11) is 1.84. The third-order valence-electron chi connectivity index (χ3n) is 2.44. The normalized spacial score (nSPS) is 21.0.